The van der Waals surface area contributed by atoms with Crippen LogP contribution in [0.2, 0.25) is 0 Å². The van der Waals surface area contributed by atoms with E-state index in [4.69, 9.17) is 0 Å². The molecule has 5 nitrogen and oxygen atoms in total. The van der Waals surface area contributed by atoms with Gasteiger partial charge in [0.05, 0.1) is 17.4 Å². The zero-order valence-corrected chi connectivity index (χ0v) is 22.6. The van der Waals surface area contributed by atoms with Gasteiger partial charge in [-0.3, -0.25) is 9.59 Å². The first-order chi connectivity index (χ1) is 16.1. The third-order valence-corrected chi connectivity index (χ3v) is 13.6. The van der Waals surface area contributed by atoms with Crippen molar-refractivity contribution in [1.29, 1.82) is 0 Å². The summed E-state index contributed by atoms with van der Waals surface area (Å²) < 4.78 is 0. The summed E-state index contributed by atoms with van der Waals surface area (Å²) in [6.45, 7) is 17.5. The minimum absolute atomic E-state index is 0.0493. The fourth-order valence-corrected chi connectivity index (χ4v) is 11.8. The van der Waals surface area contributed by atoms with E-state index in [1.54, 1.807) is 0 Å². The molecule has 0 radical (unpaired) electrons. The molecule has 0 aromatic carbocycles. The van der Waals surface area contributed by atoms with E-state index in [1.165, 1.54) is 0 Å². The van der Waals surface area contributed by atoms with Gasteiger partial charge in [-0.2, -0.15) is 0 Å². The number of aliphatic hydroxyl groups is 1. The van der Waals surface area contributed by atoms with E-state index in [9.17, 15) is 24.9 Å². The Bertz CT molecular complexity index is 970. The highest BCUT2D eigenvalue weighted by atomic mass is 16.4. The molecule has 5 aliphatic rings. The Hall–Kier alpha value is -1.36. The summed E-state index contributed by atoms with van der Waals surface area (Å²) in [5, 5.41) is 32.2. The van der Waals surface area contributed by atoms with Crippen molar-refractivity contribution in [1.82, 2.24) is 0 Å². The molecule has 0 heterocycles. The topological polar surface area (TPSA) is 94.8 Å². The fraction of sp³-hybridized carbons (Fsp3) is 0.867. The van der Waals surface area contributed by atoms with Gasteiger partial charge < -0.3 is 15.3 Å². The van der Waals surface area contributed by atoms with Gasteiger partial charge in [0.1, 0.15) is 0 Å². The Morgan fingerprint density at radius 1 is 0.829 bits per heavy atom. The summed E-state index contributed by atoms with van der Waals surface area (Å²) in [6, 6.07) is 0. The first-order valence-electron chi connectivity index (χ1n) is 13.9. The van der Waals surface area contributed by atoms with Crippen LogP contribution in [-0.4, -0.2) is 33.4 Å². The van der Waals surface area contributed by atoms with Gasteiger partial charge >= 0.3 is 11.9 Å². The summed E-state index contributed by atoms with van der Waals surface area (Å²) in [4.78, 5) is 25.4. The molecule has 3 N–H and O–H groups in total. The average molecular weight is 487 g/mol. The minimum atomic E-state index is -0.862. The molecule has 0 aromatic heterocycles. The van der Waals surface area contributed by atoms with Gasteiger partial charge in [-0.05, 0) is 110 Å². The second kappa shape index (κ2) is 7.36. The summed E-state index contributed by atoms with van der Waals surface area (Å²) >= 11 is 0. The van der Waals surface area contributed by atoms with Crippen molar-refractivity contribution in [3.63, 3.8) is 0 Å². The Morgan fingerprint density at radius 2 is 1.49 bits per heavy atom. The molecule has 35 heavy (non-hydrogen) atoms. The fourth-order valence-electron chi connectivity index (χ4n) is 11.8. The first-order valence-corrected chi connectivity index (χ1v) is 13.9. The molecule has 0 aliphatic heterocycles. The predicted molar refractivity (Wildman–Crippen MR) is 135 cm³/mol. The number of hydrogen-bond acceptors (Lipinski definition) is 3. The molecule has 0 spiro atoms. The third-order valence-electron chi connectivity index (χ3n) is 13.6. The zero-order valence-electron chi connectivity index (χ0n) is 22.6. The van der Waals surface area contributed by atoms with Crippen molar-refractivity contribution < 1.29 is 24.9 Å². The van der Waals surface area contributed by atoms with Crippen molar-refractivity contribution in [2.75, 3.05) is 0 Å². The molecule has 0 amide bonds. The van der Waals surface area contributed by atoms with Gasteiger partial charge in [0.2, 0.25) is 0 Å². The van der Waals surface area contributed by atoms with Gasteiger partial charge in [0.15, 0.2) is 0 Å². The smallest absolute Gasteiger partial charge is 0.309 e. The predicted octanol–water partition coefficient (Wildman–Crippen LogP) is 6.01. The monoisotopic (exact) mass is 486 g/mol. The number of hydrogen-bond donors (Lipinski definition) is 3. The highest BCUT2D eigenvalue weighted by Gasteiger charge is 2.75. The van der Waals surface area contributed by atoms with Crippen molar-refractivity contribution in [2.45, 2.75) is 99.0 Å². The lowest BCUT2D eigenvalue weighted by Gasteiger charge is -2.70. The maximum absolute atomic E-state index is 12.8. The summed E-state index contributed by atoms with van der Waals surface area (Å²) in [5.41, 5.74) is -0.558. The summed E-state index contributed by atoms with van der Waals surface area (Å²) in [6.07, 6.45) is 6.24. The number of carboxylic acids is 2. The lowest BCUT2D eigenvalue weighted by Crippen LogP contribution is -2.65. The van der Waals surface area contributed by atoms with Crippen molar-refractivity contribution in [3.8, 4) is 0 Å². The Morgan fingerprint density at radius 3 is 2.06 bits per heavy atom. The van der Waals surface area contributed by atoms with Gasteiger partial charge in [0, 0.05) is 0 Å². The average Bonchev–Trinajstić information content (AvgIpc) is 3.21. The van der Waals surface area contributed by atoms with Gasteiger partial charge in [0.25, 0.3) is 0 Å². The van der Waals surface area contributed by atoms with E-state index in [-0.39, 0.29) is 34.5 Å². The van der Waals surface area contributed by atoms with E-state index in [0.717, 1.165) is 50.5 Å². The Balaban J connectivity index is 1.62. The van der Waals surface area contributed by atoms with E-state index < -0.39 is 40.2 Å². The van der Waals surface area contributed by atoms with Gasteiger partial charge in [-0.1, -0.05) is 46.8 Å². The number of aliphatic carboxylic acids is 2. The van der Waals surface area contributed by atoms with Crippen molar-refractivity contribution >= 4 is 11.9 Å². The van der Waals surface area contributed by atoms with E-state index in [2.05, 4.69) is 48.1 Å². The molecular formula is C30H46O5. The maximum atomic E-state index is 12.8. The SMILES string of the molecule is C=C(C)[C@@H]1CC[C@]2(C(=O)O)CC[C@]3(C)[C@@H](CC[C@H]4[C@@]5(C)[C@H](C(=O)O)[C@H](O)C(C)(C)[C@@H]5CC[C@@]43C)[C@@H]12. The Kier molecular flexibility index (Phi) is 5.32. The van der Waals surface area contributed by atoms with Crippen LogP contribution in [-0.2, 0) is 9.59 Å². The lowest BCUT2D eigenvalue weighted by atomic mass is 9.34. The van der Waals surface area contributed by atoms with Crippen LogP contribution in [0.4, 0.5) is 0 Å². The minimum Gasteiger partial charge on any atom is -0.481 e. The number of allylic oxidation sites excluding steroid dienone is 1. The number of carboxylic acid groups (broad SMARTS) is 2. The molecule has 0 bridgehead atoms. The molecule has 5 fully saturated rings. The molecule has 0 unspecified atom stereocenters. The van der Waals surface area contributed by atoms with Crippen LogP contribution in [0.1, 0.15) is 92.9 Å². The van der Waals surface area contributed by atoms with Crippen LogP contribution in [0.15, 0.2) is 12.2 Å². The Labute approximate surface area is 210 Å². The molecule has 5 saturated carbocycles. The van der Waals surface area contributed by atoms with Crippen molar-refractivity contribution in [2.24, 2.45) is 62.6 Å². The number of rotatable bonds is 3. The van der Waals surface area contributed by atoms with E-state index >= 15 is 0 Å². The maximum Gasteiger partial charge on any atom is 0.309 e. The quantitative estimate of drug-likeness (QED) is 0.425. The molecule has 5 aliphatic carbocycles. The summed E-state index contributed by atoms with van der Waals surface area (Å²) in [5.74, 6) is -1.21. The van der Waals surface area contributed by atoms with Crippen LogP contribution in [0, 0.1) is 62.6 Å². The third kappa shape index (κ3) is 2.75. The molecule has 11 atom stereocenters. The van der Waals surface area contributed by atoms with Crippen LogP contribution < -0.4 is 0 Å². The molecule has 196 valence electrons. The number of aliphatic hydroxyl groups excluding tert-OH is 1. The summed E-state index contributed by atoms with van der Waals surface area (Å²) in [7, 11) is 0. The zero-order chi connectivity index (χ0) is 25.9. The van der Waals surface area contributed by atoms with Gasteiger partial charge in [-0.25, -0.2) is 0 Å². The lowest BCUT2D eigenvalue weighted by molar-refractivity contribution is -0.228. The first kappa shape index (κ1) is 25.3. The molecule has 5 rings (SSSR count). The van der Waals surface area contributed by atoms with E-state index in [0.29, 0.717) is 12.3 Å². The molecule has 5 heteroatoms. The number of carbonyl (C=O) groups is 2. The highest BCUT2D eigenvalue weighted by molar-refractivity contribution is 5.76. The second-order valence-corrected chi connectivity index (χ2v) is 14.6. The largest absolute Gasteiger partial charge is 0.481 e. The van der Waals surface area contributed by atoms with Crippen LogP contribution >= 0.6 is 0 Å². The highest BCUT2D eigenvalue weighted by Crippen LogP contribution is 2.79. The molecular weight excluding hydrogens is 440 g/mol. The van der Waals surface area contributed by atoms with Crippen molar-refractivity contribution in [3.05, 3.63) is 12.2 Å². The second-order valence-electron chi connectivity index (χ2n) is 14.6. The van der Waals surface area contributed by atoms with Crippen LogP contribution in [0.25, 0.3) is 0 Å². The van der Waals surface area contributed by atoms with Gasteiger partial charge in [-0.15, -0.1) is 0 Å². The number of fused-ring (bicyclic) bond motifs is 7. The molecule has 0 saturated heterocycles. The van der Waals surface area contributed by atoms with Crippen LogP contribution in [0.3, 0.4) is 0 Å². The van der Waals surface area contributed by atoms with E-state index in [1.807, 2.05) is 0 Å². The molecule has 0 aromatic rings. The normalized spacial score (nSPS) is 54.2. The van der Waals surface area contributed by atoms with Crippen LogP contribution in [0.5, 0.6) is 0 Å². The standard InChI is InChI=1S/C30H46O5/c1-16(2)17-10-13-30(25(34)35)15-14-27(5)18(21(17)30)8-9-20-28(27,6)12-11-19-26(3,4)23(31)22(24(32)33)29(19,20)7/h17-23,31H,1,8-15H2,2-7H3,(H,32,33)(H,34,35)/t17-,18-,19-,20+,21+,22-,23-,27+,28-,29-,30-/m0/s1.